The molecule has 2 heterocycles. The Bertz CT molecular complexity index is 1330. The van der Waals surface area contributed by atoms with Crippen LogP contribution in [0.1, 0.15) is 19.4 Å². The maximum Gasteiger partial charge on any atom is 0.169 e. The number of nitrogens with zero attached hydrogens (tertiary/aromatic N) is 4. The topological polar surface area (TPSA) is 78.9 Å². The van der Waals surface area contributed by atoms with Crippen LogP contribution in [-0.2, 0) is 0 Å². The van der Waals surface area contributed by atoms with E-state index in [1.54, 1.807) is 0 Å². The maximum atomic E-state index is 6.22. The molecule has 0 aliphatic heterocycles. The average molecular weight is 424 g/mol. The number of para-hydroxylation sites is 1. The lowest BCUT2D eigenvalue weighted by molar-refractivity contribution is 0.483. The van der Waals surface area contributed by atoms with Gasteiger partial charge in [0.2, 0.25) is 0 Å². The number of aromatic nitrogens is 4. The van der Waals surface area contributed by atoms with Crippen molar-refractivity contribution in [2.45, 2.75) is 20.8 Å². The highest BCUT2D eigenvalue weighted by molar-refractivity contribution is 5.98. The Hall–Kier alpha value is -4.19. The molecule has 0 atom stereocenters. The molecule has 160 valence electrons. The van der Waals surface area contributed by atoms with Crippen molar-refractivity contribution in [3.8, 4) is 28.4 Å². The molecule has 3 aromatic carbocycles. The van der Waals surface area contributed by atoms with Gasteiger partial charge in [-0.15, -0.1) is 0 Å². The standard InChI is InChI=1S/C24H19N5O.C2H6/c1-16-6-5-7-18(14-16)29-24-21(23(25)26-15-27-24)22(28-29)17-10-12-20(13-11-17)30-19-8-3-2-4-9-19;1-2/h2-15H,1H3,(H2,25,26,27);1-2H3. The van der Waals surface area contributed by atoms with Crippen molar-refractivity contribution in [2.24, 2.45) is 0 Å². The van der Waals surface area contributed by atoms with Crippen LogP contribution in [-0.4, -0.2) is 19.7 Å². The van der Waals surface area contributed by atoms with E-state index in [1.165, 1.54) is 6.33 Å². The predicted octanol–water partition coefficient (Wildman–Crippen LogP) is 6.19. The van der Waals surface area contributed by atoms with Gasteiger partial charge in [0.15, 0.2) is 5.65 Å². The van der Waals surface area contributed by atoms with Crippen LogP contribution in [0.3, 0.4) is 0 Å². The molecule has 0 aliphatic carbocycles. The third-order valence-corrected chi connectivity index (χ3v) is 4.85. The first kappa shape index (κ1) is 21.1. The van der Waals surface area contributed by atoms with E-state index in [0.29, 0.717) is 11.5 Å². The molecule has 0 amide bonds. The molecule has 0 radical (unpaired) electrons. The lowest BCUT2D eigenvalue weighted by atomic mass is 10.1. The number of nitrogens with two attached hydrogens (primary N) is 1. The monoisotopic (exact) mass is 423 g/mol. The van der Waals surface area contributed by atoms with Gasteiger partial charge >= 0.3 is 0 Å². The Morgan fingerprint density at radius 3 is 2.25 bits per heavy atom. The maximum absolute atomic E-state index is 6.22. The molecule has 6 heteroatoms. The lowest BCUT2D eigenvalue weighted by Crippen LogP contribution is -1.99. The summed E-state index contributed by atoms with van der Waals surface area (Å²) in [5, 5.41) is 5.57. The molecule has 2 aromatic heterocycles. The zero-order valence-electron chi connectivity index (χ0n) is 18.4. The molecule has 0 aliphatic rings. The van der Waals surface area contributed by atoms with Gasteiger partial charge < -0.3 is 10.5 Å². The molecular formula is C26H25N5O. The highest BCUT2D eigenvalue weighted by atomic mass is 16.5. The number of rotatable bonds is 4. The first-order valence-electron chi connectivity index (χ1n) is 10.6. The van der Waals surface area contributed by atoms with Gasteiger partial charge in [-0.2, -0.15) is 5.10 Å². The summed E-state index contributed by atoms with van der Waals surface area (Å²) in [6, 6.07) is 25.5. The average Bonchev–Trinajstić information content (AvgIpc) is 3.23. The van der Waals surface area contributed by atoms with Crippen molar-refractivity contribution in [3.05, 3.63) is 90.8 Å². The van der Waals surface area contributed by atoms with Gasteiger partial charge in [0.25, 0.3) is 0 Å². The zero-order chi connectivity index (χ0) is 22.5. The fraction of sp³-hybridized carbons (Fsp3) is 0.115. The summed E-state index contributed by atoms with van der Waals surface area (Å²) in [6.07, 6.45) is 1.46. The number of aryl methyl sites for hydroxylation is 1. The molecule has 6 nitrogen and oxygen atoms in total. The minimum atomic E-state index is 0.401. The van der Waals surface area contributed by atoms with Crippen LogP contribution >= 0.6 is 0 Å². The van der Waals surface area contributed by atoms with Crippen molar-refractivity contribution in [1.82, 2.24) is 19.7 Å². The minimum Gasteiger partial charge on any atom is -0.457 e. The van der Waals surface area contributed by atoms with Crippen LogP contribution in [0.25, 0.3) is 28.0 Å². The van der Waals surface area contributed by atoms with Crippen LogP contribution in [0.5, 0.6) is 11.5 Å². The summed E-state index contributed by atoms with van der Waals surface area (Å²) in [6.45, 7) is 6.05. The number of anilines is 1. The van der Waals surface area contributed by atoms with E-state index < -0.39 is 0 Å². The summed E-state index contributed by atoms with van der Waals surface area (Å²) >= 11 is 0. The molecule has 5 rings (SSSR count). The van der Waals surface area contributed by atoms with Gasteiger partial charge in [0.05, 0.1) is 11.1 Å². The Labute approximate surface area is 187 Å². The second-order valence-corrected chi connectivity index (χ2v) is 7.00. The van der Waals surface area contributed by atoms with Crippen molar-refractivity contribution in [3.63, 3.8) is 0 Å². The Kier molecular flexibility index (Phi) is 6.12. The van der Waals surface area contributed by atoms with Crippen molar-refractivity contribution < 1.29 is 4.74 Å². The SMILES string of the molecule is CC.Cc1cccc(-n2nc(-c3ccc(Oc4ccccc4)cc3)c3c(N)ncnc32)c1. The number of hydrogen-bond acceptors (Lipinski definition) is 5. The number of fused-ring (bicyclic) bond motifs is 1. The summed E-state index contributed by atoms with van der Waals surface area (Å²) in [5.74, 6) is 1.94. The van der Waals surface area contributed by atoms with Crippen LogP contribution in [0.15, 0.2) is 85.2 Å². The van der Waals surface area contributed by atoms with Gasteiger partial charge in [-0.05, 0) is 61.0 Å². The van der Waals surface area contributed by atoms with Gasteiger partial charge in [-0.25, -0.2) is 14.6 Å². The smallest absolute Gasteiger partial charge is 0.169 e. The van der Waals surface area contributed by atoms with E-state index in [1.807, 2.05) is 98.2 Å². The molecule has 2 N–H and O–H groups in total. The Balaban J connectivity index is 0.00000119. The number of nitrogen functional groups attached to an aromatic ring is 1. The predicted molar refractivity (Wildman–Crippen MR) is 129 cm³/mol. The summed E-state index contributed by atoms with van der Waals surface area (Å²) < 4.78 is 7.70. The zero-order valence-corrected chi connectivity index (χ0v) is 18.4. The normalized spacial score (nSPS) is 10.5. The van der Waals surface area contributed by atoms with Gasteiger partial charge in [-0.3, -0.25) is 0 Å². The van der Waals surface area contributed by atoms with E-state index in [4.69, 9.17) is 15.6 Å². The van der Waals surface area contributed by atoms with Crippen LogP contribution in [0.4, 0.5) is 5.82 Å². The summed E-state index contributed by atoms with van der Waals surface area (Å²) in [4.78, 5) is 8.63. The third kappa shape index (κ3) is 4.16. The molecule has 0 spiro atoms. The molecule has 0 saturated carbocycles. The van der Waals surface area contributed by atoms with Crippen molar-refractivity contribution in [2.75, 3.05) is 5.73 Å². The number of ether oxygens (including phenoxy) is 1. The Morgan fingerprint density at radius 1 is 0.812 bits per heavy atom. The van der Waals surface area contributed by atoms with E-state index in [-0.39, 0.29) is 0 Å². The first-order chi connectivity index (χ1) is 15.7. The van der Waals surface area contributed by atoms with E-state index >= 15 is 0 Å². The van der Waals surface area contributed by atoms with Crippen LogP contribution < -0.4 is 10.5 Å². The van der Waals surface area contributed by atoms with Gasteiger partial charge in [0, 0.05) is 5.56 Å². The summed E-state index contributed by atoms with van der Waals surface area (Å²) in [7, 11) is 0. The van der Waals surface area contributed by atoms with Crippen molar-refractivity contribution >= 4 is 16.9 Å². The first-order valence-corrected chi connectivity index (χ1v) is 10.6. The highest BCUT2D eigenvalue weighted by Crippen LogP contribution is 2.33. The fourth-order valence-electron chi connectivity index (χ4n) is 3.42. The van der Waals surface area contributed by atoms with E-state index in [2.05, 4.69) is 16.0 Å². The van der Waals surface area contributed by atoms with Gasteiger partial charge in [0.1, 0.15) is 29.3 Å². The molecule has 32 heavy (non-hydrogen) atoms. The largest absolute Gasteiger partial charge is 0.457 e. The molecule has 0 saturated heterocycles. The highest BCUT2D eigenvalue weighted by Gasteiger charge is 2.18. The van der Waals surface area contributed by atoms with Crippen LogP contribution in [0.2, 0.25) is 0 Å². The van der Waals surface area contributed by atoms with Gasteiger partial charge in [-0.1, -0.05) is 44.2 Å². The van der Waals surface area contributed by atoms with E-state index in [0.717, 1.165) is 39.4 Å². The molecule has 0 unspecified atom stereocenters. The second-order valence-electron chi connectivity index (χ2n) is 7.00. The minimum absolute atomic E-state index is 0.401. The van der Waals surface area contributed by atoms with Crippen LogP contribution in [0, 0.1) is 6.92 Å². The van der Waals surface area contributed by atoms with E-state index in [9.17, 15) is 0 Å². The van der Waals surface area contributed by atoms with Crippen molar-refractivity contribution in [1.29, 1.82) is 0 Å². The quantitative estimate of drug-likeness (QED) is 0.373. The molecule has 5 aromatic rings. The second kappa shape index (κ2) is 9.31. The Morgan fingerprint density at radius 2 is 1.53 bits per heavy atom. The summed E-state index contributed by atoms with van der Waals surface area (Å²) in [5.41, 5.74) is 10.6. The molecule has 0 fully saturated rings. The molecule has 0 bridgehead atoms. The fourth-order valence-corrected chi connectivity index (χ4v) is 3.42. The number of hydrogen-bond donors (Lipinski definition) is 1. The third-order valence-electron chi connectivity index (χ3n) is 4.85. The molecular weight excluding hydrogens is 398 g/mol. The lowest BCUT2D eigenvalue weighted by Gasteiger charge is -2.06. The number of benzene rings is 3.